The Kier molecular flexibility index (Phi) is 4.91. The van der Waals surface area contributed by atoms with Gasteiger partial charge in [0.15, 0.2) is 6.10 Å². The van der Waals surface area contributed by atoms with E-state index >= 15 is 0 Å². The lowest BCUT2D eigenvalue weighted by Crippen LogP contribution is -2.37. The summed E-state index contributed by atoms with van der Waals surface area (Å²) in [6, 6.07) is 23.6. The van der Waals surface area contributed by atoms with Crippen LogP contribution in [0.4, 0.5) is 11.4 Å². The molecule has 0 unspecified atom stereocenters. The van der Waals surface area contributed by atoms with Crippen molar-refractivity contribution in [3.8, 4) is 0 Å². The average molecular weight is 429 g/mol. The van der Waals surface area contributed by atoms with E-state index in [1.807, 2.05) is 36.4 Å². The molecule has 2 aliphatic heterocycles. The van der Waals surface area contributed by atoms with Gasteiger partial charge in [-0.3, -0.25) is 29.4 Å². The van der Waals surface area contributed by atoms with Crippen molar-refractivity contribution in [1.29, 1.82) is 0 Å². The maximum atomic E-state index is 13.5. The molecule has 0 radical (unpaired) electrons. The molecule has 3 aromatic rings. The van der Waals surface area contributed by atoms with Crippen LogP contribution >= 0.6 is 0 Å². The minimum Gasteiger partial charge on any atom is -0.275 e. The van der Waals surface area contributed by atoms with Gasteiger partial charge in [-0.05, 0) is 23.8 Å². The van der Waals surface area contributed by atoms with Crippen LogP contribution in [0, 0.1) is 16.0 Å². The Morgan fingerprint density at radius 2 is 1.47 bits per heavy atom. The highest BCUT2D eigenvalue weighted by Crippen LogP contribution is 2.48. The van der Waals surface area contributed by atoms with Gasteiger partial charge in [0.1, 0.15) is 12.0 Å². The number of carbonyl (C=O) groups is 2. The molecule has 0 N–H and O–H groups in total. The van der Waals surface area contributed by atoms with Gasteiger partial charge in [0.2, 0.25) is 5.91 Å². The fraction of sp³-hybridized carbons (Fsp3) is 0.167. The van der Waals surface area contributed by atoms with E-state index in [1.54, 1.807) is 42.5 Å². The smallest absolute Gasteiger partial charge is 0.274 e. The fourth-order valence-electron chi connectivity index (χ4n) is 4.41. The zero-order valence-electron chi connectivity index (χ0n) is 16.9. The predicted molar refractivity (Wildman–Crippen MR) is 115 cm³/mol. The molecular formula is C24H19N3O5. The van der Waals surface area contributed by atoms with E-state index in [1.165, 1.54) is 16.0 Å². The normalized spacial score (nSPS) is 22.3. The van der Waals surface area contributed by atoms with E-state index in [0.29, 0.717) is 11.3 Å². The van der Waals surface area contributed by atoms with E-state index in [0.717, 1.165) is 5.56 Å². The molecule has 0 saturated carbocycles. The van der Waals surface area contributed by atoms with Crippen molar-refractivity contribution in [2.24, 2.45) is 5.92 Å². The molecule has 2 heterocycles. The molecule has 2 amide bonds. The van der Waals surface area contributed by atoms with Crippen LogP contribution in [-0.4, -0.2) is 27.7 Å². The number of hydrogen-bond donors (Lipinski definition) is 0. The molecule has 8 heteroatoms. The number of benzene rings is 3. The summed E-state index contributed by atoms with van der Waals surface area (Å²) >= 11 is 0. The van der Waals surface area contributed by atoms with Crippen molar-refractivity contribution in [3.63, 3.8) is 0 Å². The van der Waals surface area contributed by atoms with Gasteiger partial charge in [0.05, 0.1) is 22.7 Å². The molecule has 160 valence electrons. The summed E-state index contributed by atoms with van der Waals surface area (Å²) < 4.78 is 0. The number of rotatable bonds is 5. The summed E-state index contributed by atoms with van der Waals surface area (Å²) in [5.41, 5.74) is 1.64. The van der Waals surface area contributed by atoms with E-state index in [9.17, 15) is 19.7 Å². The van der Waals surface area contributed by atoms with Crippen molar-refractivity contribution in [2.45, 2.75) is 18.7 Å². The molecule has 0 spiro atoms. The Hall–Kier alpha value is -4.04. The lowest BCUT2D eigenvalue weighted by Gasteiger charge is -2.28. The first-order chi connectivity index (χ1) is 15.6. The van der Waals surface area contributed by atoms with Gasteiger partial charge >= 0.3 is 0 Å². The standard InChI is InChI=1S/C24H19N3O5/c28-23-20-21(18-13-7-8-14-19(18)27(30)31)26(17-11-5-2-6-12-17)32-22(20)24(29)25(23)15-16-9-3-1-4-10-16/h1-14,20-22H,15H2/t20-,21+,22-/m1/s1. The van der Waals surface area contributed by atoms with Crippen LogP contribution in [0.2, 0.25) is 0 Å². The molecule has 2 aliphatic rings. The van der Waals surface area contributed by atoms with Gasteiger partial charge in [0, 0.05) is 6.07 Å². The number of nitrogens with zero attached hydrogens (tertiary/aromatic N) is 3. The fourth-order valence-corrected chi connectivity index (χ4v) is 4.41. The number of carbonyl (C=O) groups excluding carboxylic acids is 2. The Morgan fingerprint density at radius 1 is 0.844 bits per heavy atom. The Labute approximate surface area is 183 Å². The number of hydroxylamine groups is 1. The molecule has 8 nitrogen and oxygen atoms in total. The first-order valence-electron chi connectivity index (χ1n) is 10.2. The third-order valence-corrected chi connectivity index (χ3v) is 5.85. The van der Waals surface area contributed by atoms with Crippen LogP contribution in [0.25, 0.3) is 0 Å². The highest BCUT2D eigenvalue weighted by molar-refractivity contribution is 6.07. The van der Waals surface area contributed by atoms with E-state index in [-0.39, 0.29) is 12.2 Å². The third kappa shape index (κ3) is 3.21. The molecule has 0 aromatic heterocycles. The van der Waals surface area contributed by atoms with Crippen molar-refractivity contribution < 1.29 is 19.3 Å². The van der Waals surface area contributed by atoms with E-state index < -0.39 is 34.8 Å². The van der Waals surface area contributed by atoms with E-state index in [2.05, 4.69) is 0 Å². The summed E-state index contributed by atoms with van der Waals surface area (Å²) in [4.78, 5) is 45.1. The number of imide groups is 1. The maximum Gasteiger partial charge on any atom is 0.274 e. The minimum absolute atomic E-state index is 0.121. The summed E-state index contributed by atoms with van der Waals surface area (Å²) in [6.45, 7) is 0.129. The second kappa shape index (κ2) is 7.90. The average Bonchev–Trinajstić information content (AvgIpc) is 3.32. The number of hydrogen-bond acceptors (Lipinski definition) is 6. The molecule has 3 aromatic carbocycles. The summed E-state index contributed by atoms with van der Waals surface area (Å²) in [6.07, 6.45) is -1.05. The summed E-state index contributed by atoms with van der Waals surface area (Å²) in [5.74, 6) is -1.73. The Morgan fingerprint density at radius 3 is 2.16 bits per heavy atom. The van der Waals surface area contributed by atoms with Gasteiger partial charge in [0.25, 0.3) is 11.6 Å². The van der Waals surface area contributed by atoms with Crippen molar-refractivity contribution in [3.05, 3.63) is 106 Å². The Bertz CT molecular complexity index is 1180. The first kappa shape index (κ1) is 19.9. The van der Waals surface area contributed by atoms with Gasteiger partial charge in [-0.15, -0.1) is 0 Å². The summed E-state index contributed by atoms with van der Waals surface area (Å²) in [7, 11) is 0. The number of anilines is 1. The van der Waals surface area contributed by atoms with E-state index in [4.69, 9.17) is 4.84 Å². The quantitative estimate of drug-likeness (QED) is 0.349. The third-order valence-electron chi connectivity index (χ3n) is 5.85. The lowest BCUT2D eigenvalue weighted by atomic mass is 9.89. The molecular weight excluding hydrogens is 410 g/mol. The van der Waals surface area contributed by atoms with Crippen LogP contribution in [0.5, 0.6) is 0 Å². The van der Waals surface area contributed by atoms with Crippen molar-refractivity contribution >= 4 is 23.2 Å². The molecule has 0 aliphatic carbocycles. The Balaban J connectivity index is 1.58. The second-order valence-corrected chi connectivity index (χ2v) is 7.72. The highest BCUT2D eigenvalue weighted by Gasteiger charge is 2.60. The monoisotopic (exact) mass is 429 g/mol. The molecule has 2 fully saturated rings. The minimum atomic E-state index is -1.05. The molecule has 5 rings (SSSR count). The molecule has 0 bridgehead atoms. The van der Waals surface area contributed by atoms with Gasteiger partial charge in [-0.1, -0.05) is 60.7 Å². The second-order valence-electron chi connectivity index (χ2n) is 7.72. The van der Waals surface area contributed by atoms with Crippen LogP contribution in [0.15, 0.2) is 84.9 Å². The zero-order valence-corrected chi connectivity index (χ0v) is 16.9. The highest BCUT2D eigenvalue weighted by atomic mass is 16.7. The molecule has 2 saturated heterocycles. The van der Waals surface area contributed by atoms with Crippen LogP contribution < -0.4 is 5.06 Å². The molecule has 3 atom stereocenters. The predicted octanol–water partition coefficient (Wildman–Crippen LogP) is 3.64. The van der Waals surface area contributed by atoms with Gasteiger partial charge in [-0.2, -0.15) is 0 Å². The van der Waals surface area contributed by atoms with Gasteiger partial charge in [-0.25, -0.2) is 5.06 Å². The van der Waals surface area contributed by atoms with Crippen LogP contribution in [0.1, 0.15) is 17.2 Å². The van der Waals surface area contributed by atoms with Crippen molar-refractivity contribution in [1.82, 2.24) is 4.90 Å². The lowest BCUT2D eigenvalue weighted by molar-refractivity contribution is -0.385. The molecule has 32 heavy (non-hydrogen) atoms. The van der Waals surface area contributed by atoms with Crippen LogP contribution in [-0.2, 0) is 21.0 Å². The maximum absolute atomic E-state index is 13.5. The topological polar surface area (TPSA) is 93.0 Å². The number of nitro groups is 1. The first-order valence-corrected chi connectivity index (χ1v) is 10.2. The van der Waals surface area contributed by atoms with Crippen molar-refractivity contribution in [2.75, 3.05) is 5.06 Å². The van der Waals surface area contributed by atoms with Gasteiger partial charge < -0.3 is 0 Å². The zero-order chi connectivity index (χ0) is 22.2. The number of para-hydroxylation sites is 2. The number of likely N-dealkylation sites (tertiary alicyclic amines) is 1. The number of fused-ring (bicyclic) bond motifs is 1. The van der Waals surface area contributed by atoms with Crippen LogP contribution in [0.3, 0.4) is 0 Å². The largest absolute Gasteiger partial charge is 0.275 e. The number of amides is 2. The number of nitro benzene ring substituents is 1. The summed E-state index contributed by atoms with van der Waals surface area (Å²) in [5, 5.41) is 13.2. The SMILES string of the molecule is O=C1[C@H]2[C@@H](ON(c3ccccc3)[C@H]2c2ccccc2[N+](=O)[O-])C(=O)N1Cc1ccccc1.